The fourth-order valence-corrected chi connectivity index (χ4v) is 15.7. The van der Waals surface area contributed by atoms with Crippen LogP contribution in [0, 0.1) is 11.3 Å². The SMILES string of the molecule is N#Cc1ccc2c3cc(-c4cccc(-c5ccc6nc7c8ccccc8nc(-c8ccccc8)c7n6c5)c4)ccc3n(-c3ccc(-c4ccc5c(c4)nc(-c4ccccc4)c4c5nc5ccc(-c6cccc(-c7cc8ccccc8c8c7oc7ccc9ccccc9c78)c6)cn54)cc3)c2c1. The van der Waals surface area contributed by atoms with Crippen molar-refractivity contribution < 1.29 is 4.42 Å². The van der Waals surface area contributed by atoms with Crippen molar-refractivity contribution in [3.05, 3.63) is 321 Å². The van der Waals surface area contributed by atoms with Crippen LogP contribution in [0.2, 0.25) is 0 Å². The monoisotopic (exact) mass is 1270 g/mol. The van der Waals surface area contributed by atoms with Crippen LogP contribution in [0.25, 0.3) is 204 Å². The highest BCUT2D eigenvalue weighted by molar-refractivity contribution is 6.29. The molecule has 100 heavy (non-hydrogen) atoms. The Kier molecular flexibility index (Phi) is 12.0. The van der Waals surface area contributed by atoms with Crippen LogP contribution < -0.4 is 0 Å². The molecule has 0 atom stereocenters. The summed E-state index contributed by atoms with van der Waals surface area (Å²) in [6.45, 7) is 0. The normalized spacial score (nSPS) is 12.0. The second kappa shape index (κ2) is 21.6. The Bertz CT molecular complexity index is 7090. The molecule has 9 nitrogen and oxygen atoms in total. The molecule has 0 radical (unpaired) electrons. The van der Waals surface area contributed by atoms with Crippen LogP contribution in [0.1, 0.15) is 5.56 Å². The molecule has 0 amide bonds. The molecule has 0 saturated heterocycles. The van der Waals surface area contributed by atoms with Crippen molar-refractivity contribution in [2.45, 2.75) is 0 Å². The molecule has 21 rings (SSSR count). The number of furan rings is 1. The van der Waals surface area contributed by atoms with Gasteiger partial charge >= 0.3 is 0 Å². The van der Waals surface area contributed by atoms with Crippen LogP contribution in [-0.4, -0.2) is 33.3 Å². The maximum atomic E-state index is 10.3. The molecule has 0 bridgehead atoms. The van der Waals surface area contributed by atoms with Gasteiger partial charge in [-0.1, -0.05) is 200 Å². The summed E-state index contributed by atoms with van der Waals surface area (Å²) in [5, 5.41) is 21.4. The van der Waals surface area contributed by atoms with E-state index in [1.165, 1.54) is 21.5 Å². The molecule has 8 aromatic heterocycles. The third-order valence-electron chi connectivity index (χ3n) is 20.4. The van der Waals surface area contributed by atoms with Gasteiger partial charge in [-0.15, -0.1) is 0 Å². The van der Waals surface area contributed by atoms with Gasteiger partial charge in [0.2, 0.25) is 0 Å². The van der Waals surface area contributed by atoms with Crippen molar-refractivity contribution in [2.75, 3.05) is 0 Å². The Morgan fingerprint density at radius 1 is 0.320 bits per heavy atom. The van der Waals surface area contributed by atoms with E-state index in [-0.39, 0.29) is 0 Å². The zero-order chi connectivity index (χ0) is 65.7. The van der Waals surface area contributed by atoms with Gasteiger partial charge in [0.05, 0.1) is 56.1 Å². The number of benzene rings is 13. The van der Waals surface area contributed by atoms with Crippen molar-refractivity contribution in [2.24, 2.45) is 0 Å². The van der Waals surface area contributed by atoms with Gasteiger partial charge in [0.15, 0.2) is 0 Å². The Morgan fingerprint density at radius 3 is 1.55 bits per heavy atom. The summed E-state index contributed by atoms with van der Waals surface area (Å²) in [5.41, 5.74) is 27.1. The lowest BCUT2D eigenvalue weighted by molar-refractivity contribution is 0.670. The minimum absolute atomic E-state index is 0.601. The van der Waals surface area contributed by atoms with E-state index in [0.717, 1.165) is 183 Å². The van der Waals surface area contributed by atoms with Gasteiger partial charge in [-0.05, 0) is 175 Å². The van der Waals surface area contributed by atoms with Crippen LogP contribution >= 0.6 is 0 Å². The van der Waals surface area contributed by atoms with E-state index in [0.29, 0.717) is 5.56 Å². The Labute approximate surface area is 571 Å². The zero-order valence-corrected chi connectivity index (χ0v) is 53.5. The van der Waals surface area contributed by atoms with Crippen molar-refractivity contribution in [1.29, 1.82) is 5.26 Å². The first-order valence-corrected chi connectivity index (χ1v) is 33.6. The van der Waals surface area contributed by atoms with E-state index in [1.54, 1.807) is 0 Å². The number of pyridine rings is 4. The number of para-hydroxylation sites is 1. The van der Waals surface area contributed by atoms with Gasteiger partial charge in [-0.25, -0.2) is 19.9 Å². The quantitative estimate of drug-likeness (QED) is 0.150. The molecule has 0 aliphatic heterocycles. The summed E-state index contributed by atoms with van der Waals surface area (Å²) in [5.74, 6) is 0. The molecule has 9 heteroatoms. The number of imidazole rings is 2. The van der Waals surface area contributed by atoms with E-state index >= 15 is 0 Å². The molecule has 8 heterocycles. The predicted molar refractivity (Wildman–Crippen MR) is 409 cm³/mol. The lowest BCUT2D eigenvalue weighted by Crippen LogP contribution is -1.95. The Hall–Kier alpha value is -13.8. The van der Waals surface area contributed by atoms with Gasteiger partial charge < -0.3 is 8.98 Å². The van der Waals surface area contributed by atoms with E-state index in [9.17, 15) is 5.26 Å². The maximum absolute atomic E-state index is 10.3. The molecule has 0 unspecified atom stereocenters. The highest BCUT2D eigenvalue weighted by atomic mass is 16.3. The molecule has 0 N–H and O–H groups in total. The maximum Gasteiger partial charge on any atom is 0.143 e. The Morgan fingerprint density at radius 2 is 0.850 bits per heavy atom. The molecule has 0 saturated carbocycles. The molecule has 0 aliphatic carbocycles. The minimum Gasteiger partial charge on any atom is -0.455 e. The smallest absolute Gasteiger partial charge is 0.143 e. The number of hydrogen-bond donors (Lipinski definition) is 0. The molecular weight excluding hydrogens is 1220 g/mol. The topological polar surface area (TPSA) is 102 Å². The van der Waals surface area contributed by atoms with E-state index < -0.39 is 0 Å². The van der Waals surface area contributed by atoms with Crippen molar-refractivity contribution >= 4 is 120 Å². The molecule has 0 spiro atoms. The first-order chi connectivity index (χ1) is 49.5. The van der Waals surface area contributed by atoms with Crippen LogP contribution in [0.4, 0.5) is 0 Å². The van der Waals surface area contributed by atoms with Crippen molar-refractivity contribution in [1.82, 2.24) is 33.3 Å². The average Bonchev–Trinajstić information content (AvgIpc) is 1.56. The molecular formula is C91H52N8O. The number of nitrogens with zero attached hydrogens (tertiary/aromatic N) is 8. The van der Waals surface area contributed by atoms with Crippen molar-refractivity contribution in [3.8, 4) is 89.9 Å². The van der Waals surface area contributed by atoms with Gasteiger partial charge in [-0.2, -0.15) is 5.26 Å². The van der Waals surface area contributed by atoms with Crippen LogP contribution in [-0.2, 0) is 0 Å². The van der Waals surface area contributed by atoms with E-state index in [4.69, 9.17) is 24.4 Å². The van der Waals surface area contributed by atoms with Crippen LogP contribution in [0.5, 0.6) is 0 Å². The number of aromatic nitrogens is 7. The largest absolute Gasteiger partial charge is 0.455 e. The minimum atomic E-state index is 0.601. The van der Waals surface area contributed by atoms with Gasteiger partial charge in [-0.3, -0.25) is 8.80 Å². The molecule has 0 fully saturated rings. The third-order valence-corrected chi connectivity index (χ3v) is 20.4. The number of rotatable bonds is 8. The van der Waals surface area contributed by atoms with E-state index in [2.05, 4.69) is 305 Å². The van der Waals surface area contributed by atoms with Crippen LogP contribution in [0.15, 0.2) is 320 Å². The lowest BCUT2D eigenvalue weighted by atomic mass is 9.93. The van der Waals surface area contributed by atoms with Gasteiger partial charge in [0.25, 0.3) is 0 Å². The number of nitriles is 1. The fourth-order valence-electron chi connectivity index (χ4n) is 15.7. The van der Waals surface area contributed by atoms with E-state index in [1.807, 2.05) is 30.3 Å². The first-order valence-electron chi connectivity index (χ1n) is 33.6. The fraction of sp³-hybridized carbons (Fsp3) is 0. The van der Waals surface area contributed by atoms with Crippen LogP contribution in [0.3, 0.4) is 0 Å². The standard InChI is InChI=1S/C91H52N8O/c92-51-54-29-39-71-75-48-62(59-21-13-22-60(46-59)66-35-43-81-95-87-72-27-11-12-28-76(72)93-85(89(87)97(81)52-66)57-16-3-1-4-17-57)33-41-78(75)99(79(71)45-54)68-37-30-55(31-38-68)63-32-40-73-77(50-63)94-86(58-18-5-2-6-19-58)90-88(73)96-82-44-36-67(53-98(82)90)61-23-14-24-64(47-61)74-49-65-20-8-10-26-70(65)84-83-69-25-9-7-15-56(69)34-42-80(83)100-91(74)84/h1-50,52-53H. The second-order valence-electron chi connectivity index (χ2n) is 26.0. The second-order valence-corrected chi connectivity index (χ2v) is 26.0. The molecule has 21 aromatic rings. The zero-order valence-electron chi connectivity index (χ0n) is 53.5. The first kappa shape index (κ1) is 55.5. The Balaban J connectivity index is 0.629. The highest BCUT2D eigenvalue weighted by Crippen LogP contribution is 2.46. The molecule has 13 aromatic carbocycles. The summed E-state index contributed by atoms with van der Waals surface area (Å²) in [7, 11) is 0. The van der Waals surface area contributed by atoms with Gasteiger partial charge in [0.1, 0.15) is 33.5 Å². The highest BCUT2D eigenvalue weighted by Gasteiger charge is 2.23. The lowest BCUT2D eigenvalue weighted by Gasteiger charge is -2.12. The average molecular weight is 1270 g/mol. The summed E-state index contributed by atoms with van der Waals surface area (Å²) in [6.07, 6.45) is 4.41. The molecule has 462 valence electrons. The number of fused-ring (bicyclic) bond motifs is 20. The third kappa shape index (κ3) is 8.54. The summed E-state index contributed by atoms with van der Waals surface area (Å²) in [6, 6.07) is 109. The predicted octanol–water partition coefficient (Wildman–Crippen LogP) is 23.2. The molecule has 0 aliphatic rings. The number of hydrogen-bond acceptors (Lipinski definition) is 6. The van der Waals surface area contributed by atoms with Gasteiger partial charge in [0, 0.05) is 67.1 Å². The summed E-state index contributed by atoms with van der Waals surface area (Å²) >= 11 is 0. The summed E-state index contributed by atoms with van der Waals surface area (Å²) in [4.78, 5) is 21.4. The summed E-state index contributed by atoms with van der Waals surface area (Å²) < 4.78 is 13.6. The van der Waals surface area contributed by atoms with Crippen molar-refractivity contribution in [3.63, 3.8) is 0 Å².